The summed E-state index contributed by atoms with van der Waals surface area (Å²) in [5.41, 5.74) is -0.454. The van der Waals surface area contributed by atoms with Gasteiger partial charge in [-0.25, -0.2) is 0 Å². The lowest BCUT2D eigenvalue weighted by atomic mass is 10.2. The van der Waals surface area contributed by atoms with Gasteiger partial charge in [-0.3, -0.25) is 4.79 Å². The Bertz CT molecular complexity index is 1030. The normalized spacial score (nSPS) is 11.3. The summed E-state index contributed by atoms with van der Waals surface area (Å²) in [6, 6.07) is 9.73. The molecule has 0 aliphatic heterocycles. The summed E-state index contributed by atoms with van der Waals surface area (Å²) in [7, 11) is 1.51. The molecule has 1 heterocycles. The number of anilines is 1. The van der Waals surface area contributed by atoms with E-state index in [0.29, 0.717) is 11.3 Å². The fraction of sp³-hybridized carbons (Fsp3) is 0.167. The first-order chi connectivity index (χ1) is 13.8. The predicted octanol–water partition coefficient (Wildman–Crippen LogP) is 5.15. The smallest absolute Gasteiger partial charge is 0.416 e. The minimum atomic E-state index is -4.54. The zero-order chi connectivity index (χ0) is 21.0. The Morgan fingerprint density at radius 2 is 2.00 bits per heavy atom. The van der Waals surface area contributed by atoms with Gasteiger partial charge in [-0.05, 0) is 30.3 Å². The first kappa shape index (κ1) is 21.0. The molecule has 0 radical (unpaired) electrons. The number of rotatable bonds is 6. The molecule has 1 N–H and O–H groups in total. The third-order valence-electron chi connectivity index (χ3n) is 3.64. The van der Waals surface area contributed by atoms with Crippen LogP contribution in [0.3, 0.4) is 0 Å². The topological polar surface area (TPSA) is 77.2 Å². The maximum atomic E-state index is 12.8. The number of halogens is 4. The van der Waals surface area contributed by atoms with E-state index in [1.165, 1.54) is 7.11 Å². The summed E-state index contributed by atoms with van der Waals surface area (Å²) in [5.74, 6) is 0.0179. The number of para-hydroxylation sites is 1. The lowest BCUT2D eigenvalue weighted by molar-refractivity contribution is -0.137. The Morgan fingerprint density at radius 1 is 1.24 bits per heavy atom. The number of aromatic nitrogens is 2. The van der Waals surface area contributed by atoms with Gasteiger partial charge in [0.25, 0.3) is 11.1 Å². The number of carbonyl (C=O) groups excluding carboxylic acids is 1. The van der Waals surface area contributed by atoms with Crippen molar-refractivity contribution in [2.24, 2.45) is 0 Å². The van der Waals surface area contributed by atoms with Crippen LogP contribution in [0.15, 0.2) is 52.1 Å². The van der Waals surface area contributed by atoms with Crippen LogP contribution >= 0.6 is 23.4 Å². The second-order valence-electron chi connectivity index (χ2n) is 5.60. The molecule has 1 amide bonds. The number of hydrogen-bond donors (Lipinski definition) is 1. The number of thioether (sulfide) groups is 1. The molecule has 0 saturated heterocycles. The van der Waals surface area contributed by atoms with Crippen LogP contribution in [-0.4, -0.2) is 29.0 Å². The summed E-state index contributed by atoms with van der Waals surface area (Å²) in [5, 5.41) is 10.2. The Morgan fingerprint density at radius 3 is 2.72 bits per heavy atom. The van der Waals surface area contributed by atoms with Gasteiger partial charge in [0.1, 0.15) is 5.75 Å². The fourth-order valence-corrected chi connectivity index (χ4v) is 3.04. The van der Waals surface area contributed by atoms with Crippen LogP contribution in [-0.2, 0) is 11.0 Å². The van der Waals surface area contributed by atoms with Crippen molar-refractivity contribution in [1.29, 1.82) is 0 Å². The van der Waals surface area contributed by atoms with Crippen LogP contribution in [0.5, 0.6) is 5.75 Å². The van der Waals surface area contributed by atoms with Gasteiger partial charge in [0, 0.05) is 0 Å². The number of carbonyl (C=O) groups is 1. The Labute approximate surface area is 172 Å². The van der Waals surface area contributed by atoms with Crippen molar-refractivity contribution < 1.29 is 27.1 Å². The molecule has 0 aliphatic rings. The molecule has 1 aromatic heterocycles. The molecule has 6 nitrogen and oxygen atoms in total. The largest absolute Gasteiger partial charge is 0.496 e. The first-order valence-electron chi connectivity index (χ1n) is 8.04. The molecule has 0 atom stereocenters. The van der Waals surface area contributed by atoms with E-state index in [1.807, 2.05) is 0 Å². The molecule has 0 aliphatic carbocycles. The molecule has 0 unspecified atom stereocenters. The number of nitrogens with zero attached hydrogens (tertiary/aromatic N) is 2. The number of ether oxygens (including phenoxy) is 1. The molecular weight excluding hydrogens is 431 g/mol. The zero-order valence-electron chi connectivity index (χ0n) is 14.8. The minimum Gasteiger partial charge on any atom is -0.496 e. The fourth-order valence-electron chi connectivity index (χ4n) is 2.31. The average Bonchev–Trinajstić information content (AvgIpc) is 3.16. The summed E-state index contributed by atoms with van der Waals surface area (Å²) in [6.07, 6.45) is -4.54. The van der Waals surface area contributed by atoms with Crippen molar-refractivity contribution in [2.45, 2.75) is 11.4 Å². The van der Waals surface area contributed by atoms with E-state index < -0.39 is 17.6 Å². The highest BCUT2D eigenvalue weighted by molar-refractivity contribution is 7.99. The van der Waals surface area contributed by atoms with E-state index in [9.17, 15) is 18.0 Å². The standard InChI is InChI=1S/C18H13ClF3N3O3S/c1-27-14-5-3-2-4-11(14)16-24-25-17(28-16)29-9-15(26)23-13-8-10(18(20,21)22)6-7-12(13)19/h2-8H,9H2,1H3,(H,23,26). The summed E-state index contributed by atoms with van der Waals surface area (Å²) in [4.78, 5) is 12.1. The first-order valence-corrected chi connectivity index (χ1v) is 9.40. The van der Waals surface area contributed by atoms with Crippen molar-refractivity contribution in [3.63, 3.8) is 0 Å². The third kappa shape index (κ3) is 5.21. The molecule has 3 rings (SSSR count). The van der Waals surface area contributed by atoms with E-state index in [1.54, 1.807) is 24.3 Å². The summed E-state index contributed by atoms with van der Waals surface area (Å²) in [6.45, 7) is 0. The van der Waals surface area contributed by atoms with E-state index >= 15 is 0 Å². The number of nitrogens with one attached hydrogen (secondary N) is 1. The Hall–Kier alpha value is -2.72. The third-order valence-corrected chi connectivity index (χ3v) is 4.79. The predicted molar refractivity (Wildman–Crippen MR) is 102 cm³/mol. The highest BCUT2D eigenvalue weighted by atomic mass is 35.5. The van der Waals surface area contributed by atoms with Crippen molar-refractivity contribution >= 4 is 35.0 Å². The minimum absolute atomic E-state index is 0.00685. The Balaban J connectivity index is 1.64. The van der Waals surface area contributed by atoms with Crippen molar-refractivity contribution in [1.82, 2.24) is 10.2 Å². The van der Waals surface area contributed by atoms with Crippen LogP contribution in [0.2, 0.25) is 5.02 Å². The van der Waals surface area contributed by atoms with Crippen LogP contribution in [0.25, 0.3) is 11.5 Å². The summed E-state index contributed by atoms with van der Waals surface area (Å²) >= 11 is 6.80. The van der Waals surface area contributed by atoms with Gasteiger partial charge < -0.3 is 14.5 Å². The van der Waals surface area contributed by atoms with Gasteiger partial charge >= 0.3 is 6.18 Å². The molecule has 2 aromatic carbocycles. The van der Waals surface area contributed by atoms with E-state index in [2.05, 4.69) is 15.5 Å². The Kier molecular flexibility index (Phi) is 6.33. The highest BCUT2D eigenvalue weighted by Gasteiger charge is 2.31. The number of benzene rings is 2. The average molecular weight is 444 g/mol. The number of alkyl halides is 3. The molecule has 29 heavy (non-hydrogen) atoms. The molecule has 0 fully saturated rings. The molecule has 3 aromatic rings. The maximum Gasteiger partial charge on any atom is 0.416 e. The lowest BCUT2D eigenvalue weighted by Crippen LogP contribution is -2.15. The molecule has 0 spiro atoms. The number of amides is 1. The highest BCUT2D eigenvalue weighted by Crippen LogP contribution is 2.34. The van der Waals surface area contributed by atoms with Crippen molar-refractivity contribution in [3.8, 4) is 17.2 Å². The molecule has 152 valence electrons. The van der Waals surface area contributed by atoms with Crippen LogP contribution < -0.4 is 10.1 Å². The lowest BCUT2D eigenvalue weighted by Gasteiger charge is -2.11. The molecular formula is C18H13ClF3N3O3S. The zero-order valence-corrected chi connectivity index (χ0v) is 16.4. The van der Waals surface area contributed by atoms with Gasteiger partial charge in [0.15, 0.2) is 0 Å². The maximum absolute atomic E-state index is 12.8. The quantitative estimate of drug-likeness (QED) is 0.531. The summed E-state index contributed by atoms with van der Waals surface area (Å²) < 4.78 is 49.2. The van der Waals surface area contributed by atoms with Crippen molar-refractivity contribution in [2.75, 3.05) is 18.2 Å². The van der Waals surface area contributed by atoms with Gasteiger partial charge in [-0.1, -0.05) is 35.5 Å². The SMILES string of the molecule is COc1ccccc1-c1nnc(SCC(=O)Nc2cc(C(F)(F)F)ccc2Cl)o1. The molecule has 0 bridgehead atoms. The number of methoxy groups -OCH3 is 1. The van der Waals surface area contributed by atoms with E-state index in [0.717, 1.165) is 30.0 Å². The van der Waals surface area contributed by atoms with Crippen molar-refractivity contribution in [3.05, 3.63) is 53.1 Å². The van der Waals surface area contributed by atoms with Crippen LogP contribution in [0.4, 0.5) is 18.9 Å². The van der Waals surface area contributed by atoms with Gasteiger partial charge in [0.2, 0.25) is 5.91 Å². The molecule has 0 saturated carbocycles. The monoisotopic (exact) mass is 443 g/mol. The second kappa shape index (κ2) is 8.75. The van der Waals surface area contributed by atoms with Crippen LogP contribution in [0.1, 0.15) is 5.56 Å². The van der Waals surface area contributed by atoms with E-state index in [-0.39, 0.29) is 27.6 Å². The van der Waals surface area contributed by atoms with Gasteiger partial charge in [-0.15, -0.1) is 10.2 Å². The van der Waals surface area contributed by atoms with E-state index in [4.69, 9.17) is 20.8 Å². The van der Waals surface area contributed by atoms with Crippen LogP contribution in [0, 0.1) is 0 Å². The second-order valence-corrected chi connectivity index (χ2v) is 6.94. The van der Waals surface area contributed by atoms with Gasteiger partial charge in [0.05, 0.1) is 34.7 Å². The number of hydrogen-bond acceptors (Lipinski definition) is 6. The van der Waals surface area contributed by atoms with Gasteiger partial charge in [-0.2, -0.15) is 13.2 Å². The molecule has 11 heteroatoms.